The lowest BCUT2D eigenvalue weighted by Crippen LogP contribution is -2.23. The molecule has 31 heavy (non-hydrogen) atoms. The van der Waals surface area contributed by atoms with Crippen LogP contribution >= 0.6 is 11.3 Å². The third-order valence-electron chi connectivity index (χ3n) is 4.38. The summed E-state index contributed by atoms with van der Waals surface area (Å²) in [7, 11) is 0. The van der Waals surface area contributed by atoms with Crippen LogP contribution in [0, 0.1) is 10.1 Å². The molecule has 0 spiro atoms. The van der Waals surface area contributed by atoms with Gasteiger partial charge in [-0.15, -0.1) is 0 Å². The molecule has 4 aromatic rings. The molecule has 0 aliphatic carbocycles. The zero-order valence-electron chi connectivity index (χ0n) is 16.2. The van der Waals surface area contributed by atoms with Gasteiger partial charge in [0.05, 0.1) is 32.8 Å². The second kappa shape index (κ2) is 8.40. The topological polar surface area (TPSA) is 130 Å². The van der Waals surface area contributed by atoms with E-state index in [1.165, 1.54) is 29.0 Å². The Morgan fingerprint density at radius 1 is 1.16 bits per heavy atom. The van der Waals surface area contributed by atoms with Crippen molar-refractivity contribution in [3.63, 3.8) is 0 Å². The number of nitro benzene ring substituents is 1. The number of rotatable bonds is 5. The number of amides is 1. The number of ether oxygens (including phenoxy) is 1. The first-order valence-electron chi connectivity index (χ1n) is 9.19. The van der Waals surface area contributed by atoms with E-state index >= 15 is 0 Å². The molecule has 0 fully saturated rings. The fraction of sp³-hybridized carbons (Fsp3) is 0.150. The van der Waals surface area contributed by atoms with E-state index < -0.39 is 16.8 Å². The lowest BCUT2D eigenvalue weighted by molar-refractivity contribution is -0.384. The van der Waals surface area contributed by atoms with Crippen molar-refractivity contribution >= 4 is 50.2 Å². The molecular weight excluding hydrogens is 422 g/mol. The van der Waals surface area contributed by atoms with Gasteiger partial charge in [-0.3, -0.25) is 29.7 Å². The monoisotopic (exact) mass is 437 g/mol. The molecule has 0 saturated heterocycles. The van der Waals surface area contributed by atoms with Crippen LogP contribution < -0.4 is 4.80 Å². The number of nitro groups is 1. The van der Waals surface area contributed by atoms with Gasteiger partial charge in [0.15, 0.2) is 4.80 Å². The maximum Gasteiger partial charge on any atom is 0.326 e. The number of aromatic nitrogens is 3. The van der Waals surface area contributed by atoms with Gasteiger partial charge in [0.25, 0.3) is 11.6 Å². The maximum absolute atomic E-state index is 12.8. The number of thiazole rings is 1. The number of esters is 1. The van der Waals surface area contributed by atoms with Crippen LogP contribution in [0.2, 0.25) is 0 Å². The minimum atomic E-state index is -0.536. The predicted octanol–water partition coefficient (Wildman–Crippen LogP) is 2.86. The number of hydrogen-bond donors (Lipinski definition) is 0. The Morgan fingerprint density at radius 2 is 1.94 bits per heavy atom. The minimum absolute atomic E-state index is 0.0944. The summed E-state index contributed by atoms with van der Waals surface area (Å²) in [5, 5.41) is 11.1. The van der Waals surface area contributed by atoms with E-state index in [1.807, 2.05) is 0 Å². The van der Waals surface area contributed by atoms with Crippen molar-refractivity contribution in [3.8, 4) is 0 Å². The van der Waals surface area contributed by atoms with Crippen LogP contribution in [0.3, 0.4) is 0 Å². The lowest BCUT2D eigenvalue weighted by atomic mass is 10.2. The number of nitrogens with zero attached hydrogens (tertiary/aromatic N) is 5. The van der Waals surface area contributed by atoms with Gasteiger partial charge in [0.2, 0.25) is 0 Å². The maximum atomic E-state index is 12.8. The van der Waals surface area contributed by atoms with Crippen LogP contribution in [0.1, 0.15) is 17.3 Å². The standard InChI is InChI=1S/C20H15N5O5S/c1-2-30-18(26)11-24-16-6-4-13(25(28)29)10-17(16)31-20(24)23-19(27)12-3-5-14-15(9-12)22-8-7-21-14/h3-10H,2,11H2,1H3. The molecule has 0 saturated carbocycles. The number of benzene rings is 2. The van der Waals surface area contributed by atoms with Crippen LogP contribution in [-0.2, 0) is 16.1 Å². The summed E-state index contributed by atoms with van der Waals surface area (Å²) in [6.07, 6.45) is 3.09. The van der Waals surface area contributed by atoms with Crippen LogP contribution in [0.25, 0.3) is 21.3 Å². The molecule has 2 heterocycles. The molecule has 2 aromatic heterocycles. The molecule has 2 aromatic carbocycles. The van der Waals surface area contributed by atoms with Gasteiger partial charge in [-0.2, -0.15) is 4.99 Å². The van der Waals surface area contributed by atoms with Gasteiger partial charge >= 0.3 is 5.97 Å². The van der Waals surface area contributed by atoms with Crippen molar-refractivity contribution in [3.05, 3.63) is 69.3 Å². The highest BCUT2D eigenvalue weighted by Gasteiger charge is 2.16. The van der Waals surface area contributed by atoms with Gasteiger partial charge in [-0.1, -0.05) is 11.3 Å². The van der Waals surface area contributed by atoms with Crippen molar-refractivity contribution in [1.29, 1.82) is 0 Å². The van der Waals surface area contributed by atoms with Crippen molar-refractivity contribution in [2.24, 2.45) is 4.99 Å². The molecule has 0 atom stereocenters. The number of non-ortho nitro benzene ring substituents is 1. The lowest BCUT2D eigenvalue weighted by Gasteiger charge is -2.05. The Morgan fingerprint density at radius 3 is 2.68 bits per heavy atom. The Kier molecular flexibility index (Phi) is 5.50. The highest BCUT2D eigenvalue weighted by atomic mass is 32.1. The average Bonchev–Trinajstić information content (AvgIpc) is 3.09. The van der Waals surface area contributed by atoms with Gasteiger partial charge in [-0.05, 0) is 31.2 Å². The molecule has 0 bridgehead atoms. The van der Waals surface area contributed by atoms with E-state index in [2.05, 4.69) is 15.0 Å². The minimum Gasteiger partial charge on any atom is -0.465 e. The van der Waals surface area contributed by atoms with E-state index in [4.69, 9.17) is 4.74 Å². The average molecular weight is 437 g/mol. The molecule has 0 radical (unpaired) electrons. The summed E-state index contributed by atoms with van der Waals surface area (Å²) < 4.78 is 7.05. The molecule has 156 valence electrons. The summed E-state index contributed by atoms with van der Waals surface area (Å²) in [6.45, 7) is 1.71. The summed E-state index contributed by atoms with van der Waals surface area (Å²) >= 11 is 1.08. The van der Waals surface area contributed by atoms with E-state index in [1.54, 1.807) is 31.3 Å². The summed E-state index contributed by atoms with van der Waals surface area (Å²) in [5.41, 5.74) is 1.95. The van der Waals surface area contributed by atoms with Crippen LogP contribution in [0.15, 0.2) is 53.8 Å². The normalized spacial score (nSPS) is 11.7. The van der Waals surface area contributed by atoms with Gasteiger partial charge in [0, 0.05) is 30.1 Å². The van der Waals surface area contributed by atoms with Crippen molar-refractivity contribution in [2.45, 2.75) is 13.5 Å². The van der Waals surface area contributed by atoms with Gasteiger partial charge in [0.1, 0.15) is 6.54 Å². The molecule has 11 heteroatoms. The van der Waals surface area contributed by atoms with E-state index in [9.17, 15) is 19.7 Å². The number of fused-ring (bicyclic) bond motifs is 2. The first kappa shape index (κ1) is 20.3. The third-order valence-corrected chi connectivity index (χ3v) is 5.42. The van der Waals surface area contributed by atoms with Gasteiger partial charge in [-0.25, -0.2) is 0 Å². The summed E-state index contributed by atoms with van der Waals surface area (Å²) in [6, 6.07) is 9.10. The first-order chi connectivity index (χ1) is 15.0. The summed E-state index contributed by atoms with van der Waals surface area (Å²) in [5.74, 6) is -1.04. The van der Waals surface area contributed by atoms with Crippen molar-refractivity contribution < 1.29 is 19.2 Å². The second-order valence-electron chi connectivity index (χ2n) is 6.36. The molecule has 0 aliphatic rings. The highest BCUT2D eigenvalue weighted by molar-refractivity contribution is 7.16. The number of hydrogen-bond acceptors (Lipinski definition) is 8. The van der Waals surface area contributed by atoms with E-state index in [0.717, 1.165) is 11.3 Å². The van der Waals surface area contributed by atoms with Crippen LogP contribution in [0.5, 0.6) is 0 Å². The fourth-order valence-electron chi connectivity index (χ4n) is 3.00. The molecule has 10 nitrogen and oxygen atoms in total. The fourth-order valence-corrected chi connectivity index (χ4v) is 4.06. The van der Waals surface area contributed by atoms with Crippen molar-refractivity contribution in [1.82, 2.24) is 14.5 Å². The third kappa shape index (κ3) is 4.16. The van der Waals surface area contributed by atoms with Crippen LogP contribution in [0.4, 0.5) is 5.69 Å². The smallest absolute Gasteiger partial charge is 0.326 e. The van der Waals surface area contributed by atoms with Crippen LogP contribution in [-0.4, -0.2) is 37.9 Å². The number of carbonyl (C=O) groups excluding carboxylic acids is 2. The molecule has 0 aliphatic heterocycles. The molecule has 4 rings (SSSR count). The van der Waals surface area contributed by atoms with E-state index in [0.29, 0.717) is 26.8 Å². The van der Waals surface area contributed by atoms with E-state index in [-0.39, 0.29) is 23.6 Å². The molecule has 1 amide bonds. The highest BCUT2D eigenvalue weighted by Crippen LogP contribution is 2.23. The van der Waals surface area contributed by atoms with Gasteiger partial charge < -0.3 is 9.30 Å². The largest absolute Gasteiger partial charge is 0.465 e. The zero-order valence-corrected chi connectivity index (χ0v) is 17.0. The Bertz CT molecular complexity index is 1410. The quantitative estimate of drug-likeness (QED) is 0.267. The first-order valence-corrected chi connectivity index (χ1v) is 10.0. The molecule has 0 N–H and O–H groups in total. The van der Waals surface area contributed by atoms with Crippen molar-refractivity contribution in [2.75, 3.05) is 6.61 Å². The SMILES string of the molecule is CCOC(=O)Cn1c(=NC(=O)c2ccc3nccnc3c2)sc2cc([N+](=O)[O-])ccc21. The Balaban J connectivity index is 1.82. The zero-order chi connectivity index (χ0) is 22.0. The second-order valence-corrected chi connectivity index (χ2v) is 7.37. The molecular formula is C20H15N5O5S. The Labute approximate surface area is 178 Å². The number of carbonyl (C=O) groups is 2. The summed E-state index contributed by atoms with van der Waals surface area (Å²) in [4.78, 5) is 48.3. The molecule has 0 unspecified atom stereocenters. The predicted molar refractivity (Wildman–Crippen MR) is 113 cm³/mol. The Hall–Kier alpha value is -3.99.